The number of rotatable bonds is 4. The molecule has 0 saturated heterocycles. The second kappa shape index (κ2) is 6.89. The molecule has 2 N–H and O–H groups in total. The first kappa shape index (κ1) is 15.0. The Kier molecular flexibility index (Phi) is 5.18. The Morgan fingerprint density at radius 1 is 1.15 bits per heavy atom. The molecule has 110 valence electrons. The summed E-state index contributed by atoms with van der Waals surface area (Å²) in [6.07, 6.45) is 3.88. The number of hydrogen-bond acceptors (Lipinski definition) is 2. The van der Waals surface area contributed by atoms with Crippen LogP contribution in [0.5, 0.6) is 0 Å². The molecule has 1 aromatic carbocycles. The molecule has 3 nitrogen and oxygen atoms in total. The summed E-state index contributed by atoms with van der Waals surface area (Å²) in [5, 5.41) is 6.29. The van der Waals surface area contributed by atoms with E-state index in [-0.39, 0.29) is 5.91 Å². The van der Waals surface area contributed by atoms with E-state index in [0.717, 1.165) is 23.9 Å². The molecule has 0 heterocycles. The molecule has 1 amide bonds. The van der Waals surface area contributed by atoms with Crippen LogP contribution in [0.2, 0.25) is 0 Å². The first-order chi connectivity index (χ1) is 9.60. The Morgan fingerprint density at radius 3 is 2.45 bits per heavy atom. The van der Waals surface area contributed by atoms with Gasteiger partial charge in [-0.3, -0.25) is 4.79 Å². The second-order valence-electron chi connectivity index (χ2n) is 6.12. The SMILES string of the molecule is CNC(=O)c1ccc(CNC2CCC(C)C(C)C2)cc1. The van der Waals surface area contributed by atoms with E-state index in [1.54, 1.807) is 7.05 Å². The number of carbonyl (C=O) groups is 1. The molecular weight excluding hydrogens is 248 g/mol. The highest BCUT2D eigenvalue weighted by molar-refractivity contribution is 5.93. The van der Waals surface area contributed by atoms with E-state index in [0.29, 0.717) is 6.04 Å². The molecule has 0 spiro atoms. The minimum atomic E-state index is -0.0281. The van der Waals surface area contributed by atoms with Crippen LogP contribution in [0.25, 0.3) is 0 Å². The predicted octanol–water partition coefficient (Wildman–Crippen LogP) is 2.96. The quantitative estimate of drug-likeness (QED) is 0.886. The van der Waals surface area contributed by atoms with Crippen molar-refractivity contribution in [3.8, 4) is 0 Å². The fourth-order valence-corrected chi connectivity index (χ4v) is 2.91. The van der Waals surface area contributed by atoms with Gasteiger partial charge in [0.15, 0.2) is 0 Å². The third-order valence-corrected chi connectivity index (χ3v) is 4.64. The molecule has 1 saturated carbocycles. The van der Waals surface area contributed by atoms with Gasteiger partial charge in [-0.15, -0.1) is 0 Å². The molecule has 1 fully saturated rings. The second-order valence-corrected chi connectivity index (χ2v) is 6.12. The maximum Gasteiger partial charge on any atom is 0.251 e. The number of benzene rings is 1. The molecule has 3 heteroatoms. The van der Waals surface area contributed by atoms with Gasteiger partial charge in [0.1, 0.15) is 0 Å². The standard InChI is InChI=1S/C17H26N2O/c1-12-4-9-16(10-13(12)2)19-11-14-5-7-15(8-6-14)17(20)18-3/h5-8,12-13,16,19H,4,9-11H2,1-3H3,(H,18,20). The summed E-state index contributed by atoms with van der Waals surface area (Å²) in [7, 11) is 1.66. The lowest BCUT2D eigenvalue weighted by Gasteiger charge is -2.32. The fraction of sp³-hybridized carbons (Fsp3) is 0.588. The van der Waals surface area contributed by atoms with Crippen molar-refractivity contribution in [2.24, 2.45) is 11.8 Å². The molecule has 3 atom stereocenters. The lowest BCUT2D eigenvalue weighted by atomic mass is 9.79. The van der Waals surface area contributed by atoms with Crippen LogP contribution in [-0.4, -0.2) is 19.0 Å². The molecule has 3 unspecified atom stereocenters. The van der Waals surface area contributed by atoms with Gasteiger partial charge in [0.2, 0.25) is 0 Å². The van der Waals surface area contributed by atoms with Crippen molar-refractivity contribution < 1.29 is 4.79 Å². The summed E-state index contributed by atoms with van der Waals surface area (Å²) in [5.41, 5.74) is 1.96. The average Bonchev–Trinajstić information content (AvgIpc) is 2.48. The summed E-state index contributed by atoms with van der Waals surface area (Å²) in [4.78, 5) is 11.5. The average molecular weight is 274 g/mol. The van der Waals surface area contributed by atoms with Crippen LogP contribution in [0.1, 0.15) is 49.0 Å². The van der Waals surface area contributed by atoms with Crippen molar-refractivity contribution in [2.45, 2.75) is 45.7 Å². The van der Waals surface area contributed by atoms with Crippen molar-refractivity contribution in [2.75, 3.05) is 7.05 Å². The minimum Gasteiger partial charge on any atom is -0.355 e. The zero-order chi connectivity index (χ0) is 14.5. The number of amides is 1. The van der Waals surface area contributed by atoms with E-state index in [1.165, 1.54) is 24.8 Å². The number of carbonyl (C=O) groups excluding carboxylic acids is 1. The first-order valence-corrected chi connectivity index (χ1v) is 7.64. The molecule has 2 rings (SSSR count). The van der Waals surface area contributed by atoms with Gasteiger partial charge in [-0.25, -0.2) is 0 Å². The molecule has 20 heavy (non-hydrogen) atoms. The maximum absolute atomic E-state index is 11.5. The van der Waals surface area contributed by atoms with Crippen LogP contribution in [0.15, 0.2) is 24.3 Å². The Bertz CT molecular complexity index is 441. The summed E-state index contributed by atoms with van der Waals surface area (Å²) >= 11 is 0. The van der Waals surface area contributed by atoms with E-state index in [9.17, 15) is 4.79 Å². The first-order valence-electron chi connectivity index (χ1n) is 7.64. The topological polar surface area (TPSA) is 41.1 Å². The van der Waals surface area contributed by atoms with E-state index in [4.69, 9.17) is 0 Å². The zero-order valence-corrected chi connectivity index (χ0v) is 12.8. The molecule has 0 aliphatic heterocycles. The van der Waals surface area contributed by atoms with Crippen LogP contribution in [0.3, 0.4) is 0 Å². The minimum absolute atomic E-state index is 0.0281. The Hall–Kier alpha value is -1.35. The lowest BCUT2D eigenvalue weighted by molar-refractivity contribution is 0.0963. The van der Waals surface area contributed by atoms with Crippen LogP contribution >= 0.6 is 0 Å². The highest BCUT2D eigenvalue weighted by Crippen LogP contribution is 2.29. The number of hydrogen-bond donors (Lipinski definition) is 2. The molecule has 1 aliphatic carbocycles. The summed E-state index contributed by atoms with van der Waals surface area (Å²) < 4.78 is 0. The zero-order valence-electron chi connectivity index (χ0n) is 12.8. The molecule has 0 bridgehead atoms. The van der Waals surface area contributed by atoms with Crippen LogP contribution in [-0.2, 0) is 6.54 Å². The van der Waals surface area contributed by atoms with E-state index in [2.05, 4.69) is 24.5 Å². The van der Waals surface area contributed by atoms with Gasteiger partial charge in [-0.1, -0.05) is 26.0 Å². The molecule has 1 aromatic rings. The Balaban J connectivity index is 1.84. The van der Waals surface area contributed by atoms with E-state index < -0.39 is 0 Å². The maximum atomic E-state index is 11.5. The summed E-state index contributed by atoms with van der Waals surface area (Å²) in [5.74, 6) is 1.65. The van der Waals surface area contributed by atoms with Gasteiger partial charge in [0, 0.05) is 25.2 Å². The third kappa shape index (κ3) is 3.83. The van der Waals surface area contributed by atoms with Crippen molar-refractivity contribution in [3.63, 3.8) is 0 Å². The van der Waals surface area contributed by atoms with E-state index in [1.807, 2.05) is 24.3 Å². The van der Waals surface area contributed by atoms with Gasteiger partial charge in [-0.05, 0) is 48.8 Å². The Labute approximate surface area is 122 Å². The van der Waals surface area contributed by atoms with E-state index >= 15 is 0 Å². The van der Waals surface area contributed by atoms with Crippen LogP contribution in [0.4, 0.5) is 0 Å². The predicted molar refractivity (Wildman–Crippen MR) is 82.6 cm³/mol. The fourth-order valence-electron chi connectivity index (χ4n) is 2.91. The monoisotopic (exact) mass is 274 g/mol. The van der Waals surface area contributed by atoms with Crippen LogP contribution < -0.4 is 10.6 Å². The van der Waals surface area contributed by atoms with Gasteiger partial charge >= 0.3 is 0 Å². The highest BCUT2D eigenvalue weighted by atomic mass is 16.1. The molecule has 1 aliphatic rings. The highest BCUT2D eigenvalue weighted by Gasteiger charge is 2.23. The van der Waals surface area contributed by atoms with Gasteiger partial charge in [-0.2, -0.15) is 0 Å². The Morgan fingerprint density at radius 2 is 1.85 bits per heavy atom. The van der Waals surface area contributed by atoms with Gasteiger partial charge in [0.05, 0.1) is 0 Å². The molecule has 0 aromatic heterocycles. The lowest BCUT2D eigenvalue weighted by Crippen LogP contribution is -2.35. The third-order valence-electron chi connectivity index (χ3n) is 4.64. The summed E-state index contributed by atoms with van der Waals surface area (Å²) in [6, 6.07) is 8.49. The van der Waals surface area contributed by atoms with Crippen molar-refractivity contribution >= 4 is 5.91 Å². The number of nitrogens with one attached hydrogen (secondary N) is 2. The van der Waals surface area contributed by atoms with Gasteiger partial charge in [0.25, 0.3) is 5.91 Å². The van der Waals surface area contributed by atoms with Gasteiger partial charge < -0.3 is 10.6 Å². The van der Waals surface area contributed by atoms with Crippen molar-refractivity contribution in [1.29, 1.82) is 0 Å². The van der Waals surface area contributed by atoms with Crippen molar-refractivity contribution in [1.82, 2.24) is 10.6 Å². The summed E-state index contributed by atoms with van der Waals surface area (Å²) in [6.45, 7) is 5.61. The molecule has 0 radical (unpaired) electrons. The smallest absolute Gasteiger partial charge is 0.251 e. The normalized spacial score (nSPS) is 26.2. The largest absolute Gasteiger partial charge is 0.355 e. The molecular formula is C17H26N2O. The van der Waals surface area contributed by atoms with Crippen molar-refractivity contribution in [3.05, 3.63) is 35.4 Å². The van der Waals surface area contributed by atoms with Crippen LogP contribution in [0, 0.1) is 11.8 Å².